The van der Waals surface area contributed by atoms with E-state index in [-0.39, 0.29) is 5.56 Å². The van der Waals surface area contributed by atoms with Crippen LogP contribution in [0.15, 0.2) is 59.5 Å². The zero-order valence-corrected chi connectivity index (χ0v) is 12.5. The number of hydrogen-bond donors (Lipinski definition) is 0. The first-order valence-corrected chi connectivity index (χ1v) is 6.98. The zero-order chi connectivity index (χ0) is 15.7. The maximum absolute atomic E-state index is 12.7. The molecule has 4 nitrogen and oxygen atoms in total. The predicted molar refractivity (Wildman–Crippen MR) is 85.9 cm³/mol. The summed E-state index contributed by atoms with van der Waals surface area (Å²) in [7, 11) is 1.30. The molecule has 0 spiro atoms. The van der Waals surface area contributed by atoms with Crippen molar-refractivity contribution in [3.05, 3.63) is 75.7 Å². The van der Waals surface area contributed by atoms with Gasteiger partial charge < -0.3 is 4.74 Å². The number of rotatable bonds is 2. The van der Waals surface area contributed by atoms with Gasteiger partial charge in [-0.3, -0.25) is 9.36 Å². The summed E-state index contributed by atoms with van der Waals surface area (Å²) in [4.78, 5) is 24.7. The first kappa shape index (κ1) is 14.4. The summed E-state index contributed by atoms with van der Waals surface area (Å²) in [5, 5.41) is 1.35. The molecular formula is C17H12ClNO3. The quantitative estimate of drug-likeness (QED) is 0.681. The van der Waals surface area contributed by atoms with E-state index in [1.54, 1.807) is 30.3 Å². The van der Waals surface area contributed by atoms with Crippen LogP contribution in [0.25, 0.3) is 16.5 Å². The third-order valence-corrected chi connectivity index (χ3v) is 3.65. The van der Waals surface area contributed by atoms with Gasteiger partial charge in [0.2, 0.25) is 0 Å². The Morgan fingerprint density at radius 2 is 1.82 bits per heavy atom. The number of para-hydroxylation sites is 1. The second kappa shape index (κ2) is 5.66. The van der Waals surface area contributed by atoms with Gasteiger partial charge in [-0.05, 0) is 30.3 Å². The van der Waals surface area contributed by atoms with Crippen LogP contribution in [0.5, 0.6) is 0 Å². The van der Waals surface area contributed by atoms with Crippen molar-refractivity contribution < 1.29 is 9.53 Å². The van der Waals surface area contributed by atoms with Gasteiger partial charge in [-0.2, -0.15) is 0 Å². The van der Waals surface area contributed by atoms with Crippen molar-refractivity contribution in [3.8, 4) is 5.69 Å². The minimum absolute atomic E-state index is 0.217. The van der Waals surface area contributed by atoms with E-state index < -0.39 is 5.97 Å². The Labute approximate surface area is 131 Å². The Kier molecular flexibility index (Phi) is 3.69. The van der Waals surface area contributed by atoms with Gasteiger partial charge in [0, 0.05) is 27.7 Å². The lowest BCUT2D eigenvalue weighted by Gasteiger charge is -2.11. The average Bonchev–Trinajstić information content (AvgIpc) is 2.55. The Balaban J connectivity index is 2.41. The number of esters is 1. The zero-order valence-electron chi connectivity index (χ0n) is 11.7. The molecular weight excluding hydrogens is 302 g/mol. The van der Waals surface area contributed by atoms with Gasteiger partial charge in [-0.25, -0.2) is 4.79 Å². The third kappa shape index (κ3) is 2.38. The largest absolute Gasteiger partial charge is 0.465 e. The van der Waals surface area contributed by atoms with Gasteiger partial charge in [0.15, 0.2) is 0 Å². The second-order valence-electron chi connectivity index (χ2n) is 4.73. The van der Waals surface area contributed by atoms with Crippen molar-refractivity contribution in [1.29, 1.82) is 0 Å². The molecule has 3 rings (SSSR count). The molecule has 110 valence electrons. The molecule has 0 atom stereocenters. The van der Waals surface area contributed by atoms with Crippen molar-refractivity contribution in [2.24, 2.45) is 0 Å². The smallest absolute Gasteiger partial charge is 0.340 e. The van der Waals surface area contributed by atoms with E-state index >= 15 is 0 Å². The second-order valence-corrected chi connectivity index (χ2v) is 5.17. The molecule has 0 N–H and O–H groups in total. The summed E-state index contributed by atoms with van der Waals surface area (Å²) < 4.78 is 6.25. The van der Waals surface area contributed by atoms with E-state index in [0.29, 0.717) is 27.0 Å². The van der Waals surface area contributed by atoms with E-state index in [9.17, 15) is 9.59 Å². The van der Waals surface area contributed by atoms with Crippen molar-refractivity contribution in [3.63, 3.8) is 0 Å². The highest BCUT2D eigenvalue weighted by Crippen LogP contribution is 2.22. The highest BCUT2D eigenvalue weighted by atomic mass is 35.5. The monoisotopic (exact) mass is 313 g/mol. The first-order chi connectivity index (χ1) is 10.6. The lowest BCUT2D eigenvalue weighted by Crippen LogP contribution is -2.20. The topological polar surface area (TPSA) is 48.3 Å². The summed E-state index contributed by atoms with van der Waals surface area (Å²) in [5.74, 6) is -0.517. The van der Waals surface area contributed by atoms with Crippen molar-refractivity contribution in [1.82, 2.24) is 4.57 Å². The van der Waals surface area contributed by atoms with E-state index in [1.165, 1.54) is 17.9 Å². The van der Waals surface area contributed by atoms with E-state index in [1.807, 2.05) is 18.2 Å². The standard InChI is InChI=1S/C17H12ClNO3/c1-22-17(21)15-10-19(12-5-3-2-4-6-12)16(20)13-8-7-11(18)9-14(13)15/h2-10H,1H3. The minimum atomic E-state index is -0.517. The number of fused-ring (bicyclic) bond motifs is 1. The fraction of sp³-hybridized carbons (Fsp3) is 0.0588. The molecule has 1 heterocycles. The fourth-order valence-electron chi connectivity index (χ4n) is 2.37. The fourth-order valence-corrected chi connectivity index (χ4v) is 2.54. The SMILES string of the molecule is COC(=O)c1cn(-c2ccccc2)c(=O)c2ccc(Cl)cc12. The highest BCUT2D eigenvalue weighted by molar-refractivity contribution is 6.31. The normalized spacial score (nSPS) is 10.6. The molecule has 0 saturated carbocycles. The summed E-state index contributed by atoms with van der Waals surface area (Å²) in [5.41, 5.74) is 0.753. The maximum atomic E-state index is 12.7. The van der Waals surface area contributed by atoms with Crippen LogP contribution in [0.1, 0.15) is 10.4 Å². The summed E-state index contributed by atoms with van der Waals surface area (Å²) >= 11 is 5.99. The molecule has 22 heavy (non-hydrogen) atoms. The van der Waals surface area contributed by atoms with Crippen LogP contribution in [0, 0.1) is 0 Å². The van der Waals surface area contributed by atoms with Crippen molar-refractivity contribution in [2.45, 2.75) is 0 Å². The molecule has 0 bridgehead atoms. The molecule has 0 unspecified atom stereocenters. The first-order valence-electron chi connectivity index (χ1n) is 6.60. The van der Waals surface area contributed by atoms with E-state index in [0.717, 1.165) is 0 Å². The summed E-state index contributed by atoms with van der Waals surface area (Å²) in [6.07, 6.45) is 1.49. The van der Waals surface area contributed by atoms with Crippen LogP contribution in [0.2, 0.25) is 5.02 Å². The Morgan fingerprint density at radius 3 is 2.50 bits per heavy atom. The number of methoxy groups -OCH3 is 1. The number of carbonyl (C=O) groups excluding carboxylic acids is 1. The van der Waals surface area contributed by atoms with Crippen LogP contribution in [0.4, 0.5) is 0 Å². The number of hydrogen-bond acceptors (Lipinski definition) is 3. The molecule has 0 fully saturated rings. The molecule has 0 amide bonds. The number of carbonyl (C=O) groups is 1. The number of nitrogens with zero attached hydrogens (tertiary/aromatic N) is 1. The number of ether oxygens (including phenoxy) is 1. The van der Waals surface area contributed by atoms with Crippen molar-refractivity contribution >= 4 is 28.3 Å². The van der Waals surface area contributed by atoms with Crippen LogP contribution in [-0.4, -0.2) is 17.6 Å². The van der Waals surface area contributed by atoms with Crippen LogP contribution in [0.3, 0.4) is 0 Å². The van der Waals surface area contributed by atoms with Gasteiger partial charge in [0.25, 0.3) is 5.56 Å². The number of benzene rings is 2. The number of pyridine rings is 1. The number of halogens is 1. The maximum Gasteiger partial charge on any atom is 0.340 e. The number of aromatic nitrogens is 1. The molecule has 0 aliphatic carbocycles. The van der Waals surface area contributed by atoms with Crippen molar-refractivity contribution in [2.75, 3.05) is 7.11 Å². The summed E-state index contributed by atoms with van der Waals surface area (Å²) in [6, 6.07) is 13.9. The predicted octanol–water partition coefficient (Wildman–Crippen LogP) is 3.43. The van der Waals surface area contributed by atoms with Gasteiger partial charge in [0.1, 0.15) is 0 Å². The average molecular weight is 314 g/mol. The van der Waals surface area contributed by atoms with Gasteiger partial charge in [-0.15, -0.1) is 0 Å². The molecule has 2 aromatic carbocycles. The highest BCUT2D eigenvalue weighted by Gasteiger charge is 2.16. The molecule has 0 aliphatic rings. The van der Waals surface area contributed by atoms with Crippen LogP contribution < -0.4 is 5.56 Å². The molecule has 0 radical (unpaired) electrons. The molecule has 0 saturated heterocycles. The van der Waals surface area contributed by atoms with E-state index in [2.05, 4.69) is 0 Å². The van der Waals surface area contributed by atoms with Gasteiger partial charge in [-0.1, -0.05) is 29.8 Å². The van der Waals surface area contributed by atoms with Crippen LogP contribution >= 0.6 is 11.6 Å². The lowest BCUT2D eigenvalue weighted by atomic mass is 10.1. The van der Waals surface area contributed by atoms with Gasteiger partial charge >= 0.3 is 5.97 Å². The van der Waals surface area contributed by atoms with Gasteiger partial charge in [0.05, 0.1) is 12.7 Å². The van der Waals surface area contributed by atoms with E-state index in [4.69, 9.17) is 16.3 Å². The third-order valence-electron chi connectivity index (χ3n) is 3.42. The molecule has 5 heteroatoms. The molecule has 1 aromatic heterocycles. The lowest BCUT2D eigenvalue weighted by molar-refractivity contribution is 0.0602. The molecule has 3 aromatic rings. The molecule has 0 aliphatic heterocycles. The Hall–Kier alpha value is -2.59. The minimum Gasteiger partial charge on any atom is -0.465 e. The Bertz CT molecular complexity index is 916. The Morgan fingerprint density at radius 1 is 1.09 bits per heavy atom. The summed E-state index contributed by atoms with van der Waals surface area (Å²) in [6.45, 7) is 0. The van der Waals surface area contributed by atoms with Crippen LogP contribution in [-0.2, 0) is 4.74 Å².